The van der Waals surface area contributed by atoms with Crippen molar-refractivity contribution in [2.75, 3.05) is 4.90 Å². The van der Waals surface area contributed by atoms with Crippen LogP contribution in [0.2, 0.25) is 0 Å². The lowest BCUT2D eigenvalue weighted by atomic mass is 9.88. The van der Waals surface area contributed by atoms with Crippen LogP contribution >= 0.6 is 0 Å². The molecule has 0 radical (unpaired) electrons. The zero-order valence-electron chi connectivity index (χ0n) is 35.4. The number of nitrogens with zero attached hydrogens (tertiary/aromatic N) is 2. The molecule has 13 aromatic rings. The average molecular weight is 829 g/mol. The van der Waals surface area contributed by atoms with E-state index >= 15 is 0 Å². The molecular weight excluding hydrogens is 789 g/mol. The Hall–Kier alpha value is -8.66. The number of furan rings is 1. The normalized spacial score (nSPS) is 11.7. The Morgan fingerprint density at radius 2 is 0.908 bits per heavy atom. The van der Waals surface area contributed by atoms with Crippen molar-refractivity contribution in [1.82, 2.24) is 4.57 Å². The van der Waals surface area contributed by atoms with Crippen LogP contribution in [0.5, 0.6) is 0 Å². The Balaban J connectivity index is 1.13. The third-order valence-corrected chi connectivity index (χ3v) is 13.1. The van der Waals surface area contributed by atoms with Gasteiger partial charge in [-0.15, -0.1) is 0 Å². The van der Waals surface area contributed by atoms with E-state index in [-0.39, 0.29) is 0 Å². The molecule has 2 aromatic heterocycles. The van der Waals surface area contributed by atoms with Crippen molar-refractivity contribution in [2.24, 2.45) is 0 Å². The van der Waals surface area contributed by atoms with E-state index in [1.807, 2.05) is 0 Å². The van der Waals surface area contributed by atoms with Gasteiger partial charge in [0.15, 0.2) is 0 Å². The number of fused-ring (bicyclic) bond motifs is 9. The van der Waals surface area contributed by atoms with Gasteiger partial charge in [0.1, 0.15) is 11.2 Å². The number of para-hydroxylation sites is 2. The van der Waals surface area contributed by atoms with Gasteiger partial charge in [0.05, 0.1) is 11.0 Å². The predicted octanol–water partition coefficient (Wildman–Crippen LogP) is 17.5. The third kappa shape index (κ3) is 6.05. The van der Waals surface area contributed by atoms with E-state index in [2.05, 4.69) is 252 Å². The summed E-state index contributed by atoms with van der Waals surface area (Å²) >= 11 is 0. The van der Waals surface area contributed by atoms with Crippen LogP contribution in [0.15, 0.2) is 247 Å². The highest BCUT2D eigenvalue weighted by molar-refractivity contribution is 6.30. The summed E-state index contributed by atoms with van der Waals surface area (Å²) in [5, 5.41) is 9.51. The van der Waals surface area contributed by atoms with Crippen LogP contribution in [0.3, 0.4) is 0 Å². The van der Waals surface area contributed by atoms with E-state index in [4.69, 9.17) is 4.42 Å². The van der Waals surface area contributed by atoms with Crippen molar-refractivity contribution in [2.45, 2.75) is 0 Å². The summed E-state index contributed by atoms with van der Waals surface area (Å²) in [6.45, 7) is 0. The monoisotopic (exact) mass is 828 g/mol. The molecule has 0 aliphatic carbocycles. The van der Waals surface area contributed by atoms with Crippen molar-refractivity contribution in [3.8, 4) is 39.1 Å². The maximum atomic E-state index is 6.85. The first-order valence-electron chi connectivity index (χ1n) is 22.2. The van der Waals surface area contributed by atoms with Crippen LogP contribution < -0.4 is 4.90 Å². The fraction of sp³-hybridized carbons (Fsp3) is 0. The molecule has 3 heteroatoms. The van der Waals surface area contributed by atoms with E-state index in [1.165, 1.54) is 60.1 Å². The smallest absolute Gasteiger partial charge is 0.138 e. The molecule has 0 unspecified atom stereocenters. The molecule has 11 aromatic carbocycles. The van der Waals surface area contributed by atoms with Crippen molar-refractivity contribution in [3.63, 3.8) is 0 Å². The van der Waals surface area contributed by atoms with Gasteiger partial charge in [-0.05, 0) is 110 Å². The zero-order valence-corrected chi connectivity index (χ0v) is 35.4. The number of rotatable bonds is 7. The summed E-state index contributed by atoms with van der Waals surface area (Å²) in [6, 6.07) is 87.7. The van der Waals surface area contributed by atoms with Crippen LogP contribution in [0, 0.1) is 0 Å². The van der Waals surface area contributed by atoms with Gasteiger partial charge >= 0.3 is 0 Å². The number of hydrogen-bond acceptors (Lipinski definition) is 2. The fourth-order valence-electron chi connectivity index (χ4n) is 10.2. The van der Waals surface area contributed by atoms with E-state index in [9.17, 15) is 0 Å². The van der Waals surface area contributed by atoms with Gasteiger partial charge in [0.2, 0.25) is 0 Å². The minimum atomic E-state index is 0.865. The Morgan fingerprint density at radius 1 is 0.323 bits per heavy atom. The van der Waals surface area contributed by atoms with Crippen LogP contribution in [-0.4, -0.2) is 4.57 Å². The Kier molecular flexibility index (Phi) is 8.53. The molecule has 304 valence electrons. The van der Waals surface area contributed by atoms with Gasteiger partial charge in [-0.2, -0.15) is 0 Å². The molecular formula is C62H40N2O. The minimum Gasteiger partial charge on any atom is -0.456 e. The number of benzene rings is 11. The molecule has 0 atom stereocenters. The Labute approximate surface area is 376 Å². The lowest BCUT2D eigenvalue weighted by Crippen LogP contribution is -2.10. The van der Waals surface area contributed by atoms with Gasteiger partial charge < -0.3 is 13.9 Å². The predicted molar refractivity (Wildman–Crippen MR) is 274 cm³/mol. The van der Waals surface area contributed by atoms with Crippen molar-refractivity contribution >= 4 is 82.4 Å². The van der Waals surface area contributed by atoms with E-state index in [0.29, 0.717) is 0 Å². The summed E-state index contributed by atoms with van der Waals surface area (Å²) in [4.78, 5) is 2.39. The molecule has 0 fully saturated rings. The first kappa shape index (κ1) is 36.9. The fourth-order valence-corrected chi connectivity index (χ4v) is 10.2. The molecule has 0 saturated carbocycles. The second-order valence-corrected chi connectivity index (χ2v) is 16.8. The van der Waals surface area contributed by atoms with E-state index in [1.54, 1.807) is 0 Å². The number of anilines is 3. The average Bonchev–Trinajstić information content (AvgIpc) is 3.91. The molecule has 13 rings (SSSR count). The second kappa shape index (κ2) is 15.0. The second-order valence-electron chi connectivity index (χ2n) is 16.8. The van der Waals surface area contributed by atoms with Gasteiger partial charge in [-0.1, -0.05) is 176 Å². The van der Waals surface area contributed by atoms with E-state index < -0.39 is 0 Å². The third-order valence-electron chi connectivity index (χ3n) is 13.1. The summed E-state index contributed by atoms with van der Waals surface area (Å²) in [7, 11) is 0. The summed E-state index contributed by atoms with van der Waals surface area (Å²) in [5.41, 5.74) is 15.3. The molecule has 0 aliphatic heterocycles. The van der Waals surface area contributed by atoms with Crippen molar-refractivity contribution in [1.29, 1.82) is 0 Å². The maximum absolute atomic E-state index is 6.85. The van der Waals surface area contributed by atoms with Crippen LogP contribution in [0.1, 0.15) is 0 Å². The van der Waals surface area contributed by atoms with Crippen LogP contribution in [-0.2, 0) is 0 Å². The summed E-state index contributed by atoms with van der Waals surface area (Å²) in [6.07, 6.45) is 0. The molecule has 2 heterocycles. The molecule has 0 N–H and O–H groups in total. The Bertz CT molecular complexity index is 3920. The molecule has 0 aliphatic rings. The maximum Gasteiger partial charge on any atom is 0.138 e. The lowest BCUT2D eigenvalue weighted by molar-refractivity contribution is 0.669. The van der Waals surface area contributed by atoms with E-state index in [0.717, 1.165) is 61.3 Å². The topological polar surface area (TPSA) is 21.3 Å². The Morgan fingerprint density at radius 3 is 1.68 bits per heavy atom. The SMILES string of the molecule is c1ccc(-c2ccc(N(c3cccc(-c4ccccc4)c3)c3ccc4c5c(-c6cc7ccccc7c7ccccc67)c6c(cc5n(-c5ccccc5)c4c3)oc3ccccc36)cc2)cc1. The molecule has 0 bridgehead atoms. The molecule has 3 nitrogen and oxygen atoms in total. The number of aromatic nitrogens is 1. The molecule has 0 spiro atoms. The van der Waals surface area contributed by atoms with Gasteiger partial charge in [0.25, 0.3) is 0 Å². The van der Waals surface area contributed by atoms with Gasteiger partial charge in [-0.25, -0.2) is 0 Å². The molecule has 0 saturated heterocycles. The highest BCUT2D eigenvalue weighted by atomic mass is 16.3. The zero-order chi connectivity index (χ0) is 42.8. The highest BCUT2D eigenvalue weighted by Gasteiger charge is 2.25. The minimum absolute atomic E-state index is 0.865. The highest BCUT2D eigenvalue weighted by Crippen LogP contribution is 2.50. The standard InChI is InChI=1S/C62H40N2O/c1-4-17-41(18-5-1)43-31-33-47(34-32-43)63(48-25-16-22-44(37-48)42-19-6-2-7-20-42)49-35-36-53-56(39-49)64(46-23-8-3-9-24-46)57-40-59-61(54-29-14-15-30-58(54)65-59)62(60(53)57)55-38-45-21-10-11-26-50(45)51-27-12-13-28-52(51)55/h1-40H. The van der Waals surface area contributed by atoms with Gasteiger partial charge in [0, 0.05) is 55.9 Å². The van der Waals surface area contributed by atoms with Crippen LogP contribution in [0.25, 0.3) is 104 Å². The van der Waals surface area contributed by atoms with Crippen molar-refractivity contribution in [3.05, 3.63) is 243 Å². The quantitative estimate of drug-likeness (QED) is 0.149. The first-order chi connectivity index (χ1) is 32.2. The first-order valence-corrected chi connectivity index (χ1v) is 22.2. The summed E-state index contributed by atoms with van der Waals surface area (Å²) < 4.78 is 9.29. The van der Waals surface area contributed by atoms with Crippen molar-refractivity contribution < 1.29 is 4.42 Å². The number of hydrogen-bond donors (Lipinski definition) is 0. The summed E-state index contributed by atoms with van der Waals surface area (Å²) in [5.74, 6) is 0. The van der Waals surface area contributed by atoms with Crippen LogP contribution in [0.4, 0.5) is 17.1 Å². The molecule has 0 amide bonds. The molecule has 65 heavy (non-hydrogen) atoms. The largest absolute Gasteiger partial charge is 0.456 e. The van der Waals surface area contributed by atoms with Gasteiger partial charge in [-0.3, -0.25) is 0 Å². The lowest BCUT2D eigenvalue weighted by Gasteiger charge is -2.26.